The number of carbonyl (C=O) groups is 1. The van der Waals surface area contributed by atoms with E-state index in [1.165, 1.54) is 0 Å². The van der Waals surface area contributed by atoms with Gasteiger partial charge in [0.05, 0.1) is 5.69 Å². The molecule has 1 aliphatic rings. The monoisotopic (exact) mass is 392 g/mol. The molecule has 0 spiro atoms. The van der Waals surface area contributed by atoms with Gasteiger partial charge in [0.25, 0.3) is 0 Å². The summed E-state index contributed by atoms with van der Waals surface area (Å²) >= 11 is 0. The fourth-order valence-corrected chi connectivity index (χ4v) is 3.46. The molecule has 0 radical (unpaired) electrons. The SMILES string of the molecule is O=C(O)CCCN1CCc2oc(-c3ccc(OCc4ccccc4)cc3)nc2C1. The second kappa shape index (κ2) is 8.92. The lowest BCUT2D eigenvalue weighted by molar-refractivity contribution is -0.137. The molecule has 2 aromatic carbocycles. The van der Waals surface area contributed by atoms with Crippen molar-refractivity contribution in [3.05, 3.63) is 71.6 Å². The largest absolute Gasteiger partial charge is 0.489 e. The second-order valence-electron chi connectivity index (χ2n) is 7.21. The molecule has 6 heteroatoms. The first-order valence-corrected chi connectivity index (χ1v) is 9.87. The van der Waals surface area contributed by atoms with Crippen LogP contribution in [0.5, 0.6) is 5.75 Å². The minimum Gasteiger partial charge on any atom is -0.489 e. The van der Waals surface area contributed by atoms with Crippen LogP contribution in [0.25, 0.3) is 11.5 Å². The lowest BCUT2D eigenvalue weighted by atomic mass is 10.1. The van der Waals surface area contributed by atoms with Crippen LogP contribution in [0, 0.1) is 0 Å². The van der Waals surface area contributed by atoms with Crippen LogP contribution in [0.4, 0.5) is 0 Å². The van der Waals surface area contributed by atoms with Gasteiger partial charge in [-0.05, 0) is 42.8 Å². The van der Waals surface area contributed by atoms with Gasteiger partial charge in [-0.3, -0.25) is 9.69 Å². The van der Waals surface area contributed by atoms with Crippen LogP contribution in [0.2, 0.25) is 0 Å². The Kier molecular flexibility index (Phi) is 5.91. The van der Waals surface area contributed by atoms with Gasteiger partial charge in [0, 0.05) is 31.5 Å². The van der Waals surface area contributed by atoms with Crippen molar-refractivity contribution in [2.75, 3.05) is 13.1 Å². The van der Waals surface area contributed by atoms with Crippen LogP contribution in [-0.4, -0.2) is 34.0 Å². The Morgan fingerprint density at radius 3 is 2.69 bits per heavy atom. The van der Waals surface area contributed by atoms with Gasteiger partial charge in [-0.15, -0.1) is 0 Å². The summed E-state index contributed by atoms with van der Waals surface area (Å²) < 4.78 is 11.8. The standard InChI is InChI=1S/C23H24N2O4/c26-22(27)7-4-13-25-14-12-21-20(15-25)24-23(29-21)18-8-10-19(11-9-18)28-16-17-5-2-1-3-6-17/h1-3,5-6,8-11H,4,7,12-16H2,(H,26,27). The number of carboxylic acid groups (broad SMARTS) is 1. The second-order valence-corrected chi connectivity index (χ2v) is 7.21. The van der Waals surface area contributed by atoms with E-state index in [1.807, 2.05) is 54.6 Å². The number of aromatic nitrogens is 1. The van der Waals surface area contributed by atoms with E-state index in [0.29, 0.717) is 25.5 Å². The Morgan fingerprint density at radius 1 is 1.14 bits per heavy atom. The fourth-order valence-electron chi connectivity index (χ4n) is 3.46. The number of fused-ring (bicyclic) bond motifs is 1. The summed E-state index contributed by atoms with van der Waals surface area (Å²) in [5.74, 6) is 1.61. The highest BCUT2D eigenvalue weighted by atomic mass is 16.5. The lowest BCUT2D eigenvalue weighted by Crippen LogP contribution is -2.31. The summed E-state index contributed by atoms with van der Waals surface area (Å²) in [5, 5.41) is 8.79. The van der Waals surface area contributed by atoms with Crippen molar-refractivity contribution in [3.8, 4) is 17.2 Å². The highest BCUT2D eigenvalue weighted by Crippen LogP contribution is 2.27. The third kappa shape index (κ3) is 5.03. The molecule has 0 unspecified atom stereocenters. The number of hydrogen-bond acceptors (Lipinski definition) is 5. The Labute approximate surface area is 169 Å². The summed E-state index contributed by atoms with van der Waals surface area (Å²) in [4.78, 5) is 17.6. The topological polar surface area (TPSA) is 75.8 Å². The molecule has 4 rings (SSSR count). The smallest absolute Gasteiger partial charge is 0.303 e. The average molecular weight is 392 g/mol. The molecule has 1 N–H and O–H groups in total. The maximum absolute atomic E-state index is 10.7. The van der Waals surface area contributed by atoms with E-state index in [1.54, 1.807) is 0 Å². The predicted octanol–water partition coefficient (Wildman–Crippen LogP) is 4.14. The Hall–Kier alpha value is -3.12. The van der Waals surface area contributed by atoms with Gasteiger partial charge in [0.2, 0.25) is 5.89 Å². The molecule has 0 saturated heterocycles. The van der Waals surface area contributed by atoms with Gasteiger partial charge in [0.15, 0.2) is 0 Å². The Morgan fingerprint density at radius 2 is 1.93 bits per heavy atom. The molecule has 0 fully saturated rings. The number of oxazole rings is 1. The number of aliphatic carboxylic acids is 1. The Bertz CT molecular complexity index is 951. The van der Waals surface area contributed by atoms with Crippen LogP contribution < -0.4 is 4.74 Å². The molecule has 1 aliphatic heterocycles. The molecule has 2 heterocycles. The highest BCUT2D eigenvalue weighted by Gasteiger charge is 2.22. The van der Waals surface area contributed by atoms with E-state index in [2.05, 4.69) is 9.88 Å². The zero-order valence-corrected chi connectivity index (χ0v) is 16.2. The van der Waals surface area contributed by atoms with E-state index >= 15 is 0 Å². The average Bonchev–Trinajstić information content (AvgIpc) is 3.16. The number of benzene rings is 2. The van der Waals surface area contributed by atoms with E-state index in [4.69, 9.17) is 14.3 Å². The van der Waals surface area contributed by atoms with Crippen LogP contribution in [-0.2, 0) is 24.4 Å². The van der Waals surface area contributed by atoms with Gasteiger partial charge in [-0.25, -0.2) is 4.98 Å². The molecule has 29 heavy (non-hydrogen) atoms. The molecule has 1 aromatic heterocycles. The fraction of sp³-hybridized carbons (Fsp3) is 0.304. The van der Waals surface area contributed by atoms with Crippen LogP contribution in [0.15, 0.2) is 59.0 Å². The minimum atomic E-state index is -0.748. The summed E-state index contributed by atoms with van der Waals surface area (Å²) in [6.07, 6.45) is 1.65. The van der Waals surface area contributed by atoms with Crippen molar-refractivity contribution >= 4 is 5.97 Å². The van der Waals surface area contributed by atoms with Crippen molar-refractivity contribution in [2.24, 2.45) is 0 Å². The molecule has 3 aromatic rings. The first-order valence-electron chi connectivity index (χ1n) is 9.87. The molecule has 0 saturated carbocycles. The lowest BCUT2D eigenvalue weighted by Gasteiger charge is -2.24. The highest BCUT2D eigenvalue weighted by molar-refractivity contribution is 5.66. The number of nitrogens with zero attached hydrogens (tertiary/aromatic N) is 2. The molecule has 6 nitrogen and oxygen atoms in total. The van der Waals surface area contributed by atoms with Gasteiger partial charge in [-0.2, -0.15) is 0 Å². The summed E-state index contributed by atoms with van der Waals surface area (Å²) in [6.45, 7) is 2.87. The van der Waals surface area contributed by atoms with Crippen molar-refractivity contribution < 1.29 is 19.1 Å². The maximum atomic E-state index is 10.7. The zero-order chi connectivity index (χ0) is 20.1. The van der Waals surface area contributed by atoms with E-state index in [-0.39, 0.29) is 6.42 Å². The molecular formula is C23H24N2O4. The summed E-state index contributed by atoms with van der Waals surface area (Å²) in [6, 6.07) is 17.8. The van der Waals surface area contributed by atoms with Crippen molar-refractivity contribution in [1.29, 1.82) is 0 Å². The van der Waals surface area contributed by atoms with E-state index in [9.17, 15) is 4.79 Å². The predicted molar refractivity (Wildman–Crippen MR) is 109 cm³/mol. The first kappa shape index (κ1) is 19.2. The number of hydrogen-bond donors (Lipinski definition) is 1. The first-order chi connectivity index (χ1) is 14.2. The quantitative estimate of drug-likeness (QED) is 0.621. The number of rotatable bonds is 8. The van der Waals surface area contributed by atoms with Crippen LogP contribution >= 0.6 is 0 Å². The zero-order valence-electron chi connectivity index (χ0n) is 16.2. The molecule has 0 atom stereocenters. The van der Waals surface area contributed by atoms with Gasteiger partial charge < -0.3 is 14.3 Å². The van der Waals surface area contributed by atoms with Crippen LogP contribution in [0.3, 0.4) is 0 Å². The summed E-state index contributed by atoms with van der Waals surface area (Å²) in [7, 11) is 0. The number of carboxylic acids is 1. The summed E-state index contributed by atoms with van der Waals surface area (Å²) in [5.41, 5.74) is 3.00. The minimum absolute atomic E-state index is 0.201. The molecule has 0 amide bonds. The third-order valence-electron chi connectivity index (χ3n) is 5.02. The third-order valence-corrected chi connectivity index (χ3v) is 5.02. The van der Waals surface area contributed by atoms with Crippen molar-refractivity contribution in [1.82, 2.24) is 9.88 Å². The maximum Gasteiger partial charge on any atom is 0.303 e. The molecular weight excluding hydrogens is 368 g/mol. The van der Waals surface area contributed by atoms with Crippen molar-refractivity contribution in [2.45, 2.75) is 32.4 Å². The van der Waals surface area contributed by atoms with E-state index in [0.717, 1.165) is 47.8 Å². The van der Waals surface area contributed by atoms with Crippen molar-refractivity contribution in [3.63, 3.8) is 0 Å². The van der Waals surface area contributed by atoms with Gasteiger partial charge in [-0.1, -0.05) is 30.3 Å². The number of ether oxygens (including phenoxy) is 1. The molecule has 0 aliphatic carbocycles. The van der Waals surface area contributed by atoms with Crippen LogP contribution in [0.1, 0.15) is 29.9 Å². The van der Waals surface area contributed by atoms with Gasteiger partial charge >= 0.3 is 5.97 Å². The Balaban J connectivity index is 1.36. The molecule has 0 bridgehead atoms. The van der Waals surface area contributed by atoms with E-state index < -0.39 is 5.97 Å². The van der Waals surface area contributed by atoms with Gasteiger partial charge in [0.1, 0.15) is 18.1 Å². The normalized spacial score (nSPS) is 13.8. The molecule has 150 valence electrons.